The average Bonchev–Trinajstić information content (AvgIpc) is 3.07. The third-order valence-corrected chi connectivity index (χ3v) is 6.44. The van der Waals surface area contributed by atoms with Gasteiger partial charge in [-0.3, -0.25) is 10.1 Å². The van der Waals surface area contributed by atoms with E-state index in [9.17, 15) is 4.79 Å². The van der Waals surface area contributed by atoms with Gasteiger partial charge < -0.3 is 0 Å². The van der Waals surface area contributed by atoms with Crippen LogP contribution in [0.4, 0.5) is 5.13 Å². The van der Waals surface area contributed by atoms with Crippen LogP contribution < -0.4 is 5.32 Å². The van der Waals surface area contributed by atoms with Crippen LogP contribution in [0, 0.1) is 5.92 Å². The Morgan fingerprint density at radius 1 is 1.35 bits per heavy atom. The van der Waals surface area contributed by atoms with Crippen molar-refractivity contribution < 1.29 is 4.79 Å². The van der Waals surface area contributed by atoms with Crippen molar-refractivity contribution in [1.82, 2.24) is 10.2 Å². The second-order valence-corrected chi connectivity index (χ2v) is 8.83. The van der Waals surface area contributed by atoms with Crippen LogP contribution in [0.1, 0.15) is 24.8 Å². The smallest absolute Gasteiger partial charge is 0.249 e. The largest absolute Gasteiger partial charge is 0.297 e. The van der Waals surface area contributed by atoms with E-state index in [1.54, 1.807) is 12.1 Å². The first-order chi connectivity index (χ1) is 12.6. The molecule has 1 atom stereocenters. The van der Waals surface area contributed by atoms with Gasteiger partial charge in [-0.15, -0.1) is 10.2 Å². The van der Waals surface area contributed by atoms with Crippen LogP contribution in [-0.2, 0) is 10.5 Å². The van der Waals surface area contributed by atoms with Crippen molar-refractivity contribution in [3.05, 3.63) is 58.1 Å². The van der Waals surface area contributed by atoms with Crippen molar-refractivity contribution in [3.8, 4) is 0 Å². The minimum Gasteiger partial charge on any atom is -0.297 e. The fourth-order valence-corrected chi connectivity index (χ4v) is 4.77. The lowest BCUT2D eigenvalue weighted by molar-refractivity contribution is -0.111. The van der Waals surface area contributed by atoms with Gasteiger partial charge in [-0.1, -0.05) is 70.6 Å². The Kier molecular flexibility index (Phi) is 7.14. The minimum atomic E-state index is -0.173. The number of aromatic nitrogens is 2. The highest BCUT2D eigenvalue weighted by Crippen LogP contribution is 2.31. The van der Waals surface area contributed by atoms with Gasteiger partial charge in [0.05, 0.1) is 0 Å². The first-order valence-electron chi connectivity index (χ1n) is 8.14. The number of hydrogen-bond acceptors (Lipinski definition) is 5. The first kappa shape index (κ1) is 19.4. The van der Waals surface area contributed by atoms with Crippen LogP contribution >= 0.6 is 46.3 Å². The molecule has 1 aromatic heterocycles. The number of thioether (sulfide) groups is 1. The highest BCUT2D eigenvalue weighted by molar-refractivity contribution is 8.00. The molecular weight excluding hydrogens is 409 g/mol. The lowest BCUT2D eigenvalue weighted by Crippen LogP contribution is -2.09. The summed E-state index contributed by atoms with van der Waals surface area (Å²) >= 11 is 14.9. The number of amides is 1. The van der Waals surface area contributed by atoms with Gasteiger partial charge in [0.2, 0.25) is 11.0 Å². The standard InChI is InChI=1S/C18H17Cl2N3OS2/c19-14-8-7-13(15(20)10-14)11-25-18-23-22-17(26-18)21-16(24)9-6-12-4-2-1-3-5-12/h1-2,6-10,12H,3-5,11H2,(H,21,22,24). The van der Waals surface area contributed by atoms with Crippen LogP contribution in [0.5, 0.6) is 0 Å². The van der Waals surface area contributed by atoms with Gasteiger partial charge in [0.25, 0.3) is 0 Å². The molecule has 1 unspecified atom stereocenters. The van der Waals surface area contributed by atoms with Gasteiger partial charge in [0.1, 0.15) is 0 Å². The molecule has 0 radical (unpaired) electrons. The molecule has 0 fully saturated rings. The predicted octanol–water partition coefficient (Wildman–Crippen LogP) is 5.99. The minimum absolute atomic E-state index is 0.173. The quantitative estimate of drug-likeness (QED) is 0.267. The summed E-state index contributed by atoms with van der Waals surface area (Å²) in [5.74, 6) is 0.927. The Bertz CT molecular complexity index is 836. The Labute approximate surface area is 170 Å². The van der Waals surface area contributed by atoms with Gasteiger partial charge in [-0.25, -0.2) is 0 Å². The van der Waals surface area contributed by atoms with E-state index < -0.39 is 0 Å². The summed E-state index contributed by atoms with van der Waals surface area (Å²) in [6.45, 7) is 0. The zero-order valence-electron chi connectivity index (χ0n) is 13.8. The molecule has 1 N–H and O–H groups in total. The zero-order chi connectivity index (χ0) is 18.4. The van der Waals surface area contributed by atoms with E-state index in [2.05, 4.69) is 27.7 Å². The van der Waals surface area contributed by atoms with Gasteiger partial charge in [0.15, 0.2) is 4.34 Å². The molecule has 2 aromatic rings. The fraction of sp³-hybridized carbons (Fsp3) is 0.278. The first-order valence-corrected chi connectivity index (χ1v) is 10.7. The Hall–Kier alpha value is -1.34. The van der Waals surface area contributed by atoms with Crippen molar-refractivity contribution in [2.75, 3.05) is 5.32 Å². The summed E-state index contributed by atoms with van der Waals surface area (Å²) in [7, 11) is 0. The normalized spacial score (nSPS) is 16.9. The maximum Gasteiger partial charge on any atom is 0.249 e. The molecule has 0 saturated carbocycles. The Morgan fingerprint density at radius 2 is 2.23 bits per heavy atom. The van der Waals surface area contributed by atoms with Gasteiger partial charge in [-0.2, -0.15) is 0 Å². The lowest BCUT2D eigenvalue weighted by Gasteiger charge is -2.12. The number of anilines is 1. The molecule has 3 rings (SSSR count). The van der Waals surface area contributed by atoms with Crippen LogP contribution in [-0.4, -0.2) is 16.1 Å². The number of carbonyl (C=O) groups excluding carboxylic acids is 1. The molecular formula is C18H17Cl2N3OS2. The van der Waals surface area contributed by atoms with Gasteiger partial charge >= 0.3 is 0 Å². The van der Waals surface area contributed by atoms with E-state index in [1.165, 1.54) is 23.1 Å². The third-order valence-electron chi connectivity index (χ3n) is 3.83. The van der Waals surface area contributed by atoms with E-state index in [0.29, 0.717) is 26.8 Å². The molecule has 0 spiro atoms. The average molecular weight is 426 g/mol. The van der Waals surface area contributed by atoms with Crippen LogP contribution in [0.25, 0.3) is 0 Å². The second kappa shape index (κ2) is 9.55. The molecule has 4 nitrogen and oxygen atoms in total. The maximum atomic E-state index is 12.0. The SMILES string of the molecule is O=C(C=CC1CC=CCC1)Nc1nnc(SCc2ccc(Cl)cc2Cl)s1. The van der Waals surface area contributed by atoms with Crippen molar-refractivity contribution in [3.63, 3.8) is 0 Å². The van der Waals surface area contributed by atoms with Gasteiger partial charge in [-0.05, 0) is 49.0 Å². The highest BCUT2D eigenvalue weighted by atomic mass is 35.5. The number of carbonyl (C=O) groups is 1. The van der Waals surface area contributed by atoms with E-state index in [0.717, 1.165) is 29.2 Å². The summed E-state index contributed by atoms with van der Waals surface area (Å²) in [6, 6.07) is 5.43. The number of rotatable bonds is 6. The molecule has 1 aromatic carbocycles. The lowest BCUT2D eigenvalue weighted by atomic mass is 9.94. The number of benzene rings is 1. The molecule has 8 heteroatoms. The number of halogens is 2. The Balaban J connectivity index is 1.50. The highest BCUT2D eigenvalue weighted by Gasteiger charge is 2.10. The molecule has 0 bridgehead atoms. The van der Waals surface area contributed by atoms with Crippen molar-refractivity contribution in [2.45, 2.75) is 29.4 Å². The van der Waals surface area contributed by atoms with Crippen molar-refractivity contribution in [1.29, 1.82) is 0 Å². The second-order valence-electron chi connectivity index (χ2n) is 5.79. The fourth-order valence-electron chi connectivity index (χ4n) is 2.46. The third kappa shape index (κ3) is 5.84. The maximum absolute atomic E-state index is 12.0. The van der Waals surface area contributed by atoms with Crippen LogP contribution in [0.2, 0.25) is 10.0 Å². The summed E-state index contributed by atoms with van der Waals surface area (Å²) in [6.07, 6.45) is 11.1. The van der Waals surface area contributed by atoms with Crippen molar-refractivity contribution >= 4 is 57.3 Å². The monoisotopic (exact) mass is 425 g/mol. The molecule has 1 aliphatic carbocycles. The van der Waals surface area contributed by atoms with Crippen LogP contribution in [0.15, 0.2) is 46.8 Å². The summed E-state index contributed by atoms with van der Waals surface area (Å²) in [5.41, 5.74) is 0.978. The predicted molar refractivity (Wildman–Crippen MR) is 110 cm³/mol. The summed E-state index contributed by atoms with van der Waals surface area (Å²) in [5, 5.41) is 12.6. The zero-order valence-corrected chi connectivity index (χ0v) is 17.0. The van der Waals surface area contributed by atoms with E-state index in [-0.39, 0.29) is 5.91 Å². The van der Waals surface area contributed by atoms with E-state index >= 15 is 0 Å². The number of allylic oxidation sites excluding steroid dienone is 3. The molecule has 1 amide bonds. The van der Waals surface area contributed by atoms with Gasteiger partial charge in [0, 0.05) is 15.8 Å². The molecule has 0 saturated heterocycles. The Morgan fingerprint density at radius 3 is 3.00 bits per heavy atom. The molecule has 26 heavy (non-hydrogen) atoms. The summed E-state index contributed by atoms with van der Waals surface area (Å²) in [4.78, 5) is 12.0. The molecule has 1 heterocycles. The number of nitrogens with zero attached hydrogens (tertiary/aromatic N) is 2. The van der Waals surface area contributed by atoms with Crippen molar-refractivity contribution in [2.24, 2.45) is 5.92 Å². The summed E-state index contributed by atoms with van der Waals surface area (Å²) < 4.78 is 0.771. The number of hydrogen-bond donors (Lipinski definition) is 1. The topological polar surface area (TPSA) is 54.9 Å². The molecule has 1 aliphatic rings. The number of nitrogens with one attached hydrogen (secondary N) is 1. The van der Waals surface area contributed by atoms with Crippen LogP contribution in [0.3, 0.4) is 0 Å². The molecule has 136 valence electrons. The van der Waals surface area contributed by atoms with E-state index in [1.807, 2.05) is 18.2 Å². The van der Waals surface area contributed by atoms with E-state index in [4.69, 9.17) is 23.2 Å². The molecule has 0 aliphatic heterocycles.